The lowest BCUT2D eigenvalue weighted by atomic mass is 10.0. The van der Waals surface area contributed by atoms with Gasteiger partial charge in [0.1, 0.15) is 19.3 Å². The van der Waals surface area contributed by atoms with E-state index in [0.29, 0.717) is 24.1 Å². The number of carbonyl (C=O) groups excluding carboxylic acids is 1. The summed E-state index contributed by atoms with van der Waals surface area (Å²) in [5.41, 5.74) is 0. The van der Waals surface area contributed by atoms with Gasteiger partial charge in [0.2, 0.25) is 0 Å². The van der Waals surface area contributed by atoms with E-state index in [1.807, 2.05) is 21.1 Å². The highest BCUT2D eigenvalue weighted by atomic mass is 31.2. The Labute approximate surface area is 266 Å². The van der Waals surface area contributed by atoms with Crippen LogP contribution in [0.25, 0.3) is 0 Å². The van der Waals surface area contributed by atoms with Crippen LogP contribution in [0.3, 0.4) is 0 Å². The zero-order chi connectivity index (χ0) is 32.1. The molecule has 258 valence electrons. The molecular formula is C34H70NO7P. The predicted octanol–water partition coefficient (Wildman–Crippen LogP) is 8.74. The zero-order valence-corrected chi connectivity index (χ0v) is 29.8. The second kappa shape index (κ2) is 28.9. The summed E-state index contributed by atoms with van der Waals surface area (Å²) >= 11 is 0. The molecule has 0 heterocycles. The SMILES string of the molecule is CCCCCCCCCCCCCCCCCCCCOCC(COP(=O)([O-])OCC[N+](C)(C)C)OC(=O)CCCCC. The fraction of sp³-hybridized carbons (Fsp3) is 0.971. The minimum Gasteiger partial charge on any atom is -0.756 e. The lowest BCUT2D eigenvalue weighted by Crippen LogP contribution is -2.37. The third kappa shape index (κ3) is 32.7. The Morgan fingerprint density at radius 1 is 0.628 bits per heavy atom. The molecule has 0 bridgehead atoms. The molecule has 8 nitrogen and oxygen atoms in total. The van der Waals surface area contributed by atoms with Gasteiger partial charge in [0, 0.05) is 13.0 Å². The van der Waals surface area contributed by atoms with E-state index < -0.39 is 13.9 Å². The zero-order valence-electron chi connectivity index (χ0n) is 28.9. The standard InChI is InChI=1S/C34H70NO7P/c1-6-8-10-11-12-13-14-15-16-17-18-19-20-21-22-23-24-26-29-39-31-33(42-34(36)27-25-9-7-2)32-41-43(37,38)40-30-28-35(3,4)5/h33H,6-32H2,1-5H3. The number of quaternary nitrogens is 1. The molecule has 0 rings (SSSR count). The molecule has 0 amide bonds. The van der Waals surface area contributed by atoms with E-state index in [2.05, 4.69) is 13.8 Å². The van der Waals surface area contributed by atoms with E-state index in [4.69, 9.17) is 18.5 Å². The summed E-state index contributed by atoms with van der Waals surface area (Å²) in [6.07, 6.45) is 26.2. The van der Waals surface area contributed by atoms with E-state index in [-0.39, 0.29) is 25.8 Å². The van der Waals surface area contributed by atoms with Gasteiger partial charge in [-0.1, -0.05) is 136 Å². The fourth-order valence-electron chi connectivity index (χ4n) is 4.84. The first-order valence-electron chi connectivity index (χ1n) is 17.8. The third-order valence-electron chi connectivity index (χ3n) is 7.66. The van der Waals surface area contributed by atoms with Crippen LogP contribution >= 0.6 is 7.82 Å². The number of nitrogens with zero attached hydrogens (tertiary/aromatic N) is 1. The number of rotatable bonds is 33. The summed E-state index contributed by atoms with van der Waals surface area (Å²) in [6.45, 7) is 5.26. The Morgan fingerprint density at radius 3 is 1.53 bits per heavy atom. The number of hydrogen-bond acceptors (Lipinski definition) is 7. The average molecular weight is 636 g/mol. The summed E-state index contributed by atoms with van der Waals surface area (Å²) in [4.78, 5) is 24.4. The molecule has 0 aromatic heterocycles. The molecule has 0 N–H and O–H groups in total. The minimum absolute atomic E-state index is 0.0294. The van der Waals surface area contributed by atoms with Crippen molar-refractivity contribution in [3.05, 3.63) is 0 Å². The number of phosphoric acid groups is 1. The maximum atomic E-state index is 12.2. The number of likely N-dealkylation sites (N-methyl/N-ethyl adjacent to an activating group) is 1. The first-order valence-corrected chi connectivity index (χ1v) is 19.2. The van der Waals surface area contributed by atoms with Crippen molar-refractivity contribution in [3.63, 3.8) is 0 Å². The second-order valence-corrected chi connectivity index (χ2v) is 14.7. The molecule has 9 heteroatoms. The Morgan fingerprint density at radius 2 is 1.07 bits per heavy atom. The van der Waals surface area contributed by atoms with E-state index in [0.717, 1.165) is 32.1 Å². The van der Waals surface area contributed by atoms with Crippen LogP contribution in [0, 0.1) is 0 Å². The maximum absolute atomic E-state index is 12.2. The number of unbranched alkanes of at least 4 members (excludes halogenated alkanes) is 19. The molecule has 0 spiro atoms. The van der Waals surface area contributed by atoms with Crippen molar-refractivity contribution >= 4 is 13.8 Å². The number of hydrogen-bond donors (Lipinski definition) is 0. The van der Waals surface area contributed by atoms with Crippen LogP contribution in [-0.2, 0) is 27.9 Å². The minimum atomic E-state index is -4.49. The van der Waals surface area contributed by atoms with Gasteiger partial charge in [-0.15, -0.1) is 0 Å². The topological polar surface area (TPSA) is 94.1 Å². The monoisotopic (exact) mass is 635 g/mol. The second-order valence-electron chi connectivity index (χ2n) is 13.2. The van der Waals surface area contributed by atoms with Crippen molar-refractivity contribution in [2.45, 2.75) is 161 Å². The van der Waals surface area contributed by atoms with E-state index in [9.17, 15) is 14.3 Å². The van der Waals surface area contributed by atoms with Crippen molar-refractivity contribution in [1.82, 2.24) is 0 Å². The van der Waals surface area contributed by atoms with Gasteiger partial charge in [-0.2, -0.15) is 0 Å². The number of phosphoric ester groups is 1. The first-order chi connectivity index (χ1) is 20.6. The molecule has 0 aromatic rings. The molecule has 0 fully saturated rings. The summed E-state index contributed by atoms with van der Waals surface area (Å²) in [5, 5.41) is 0. The van der Waals surface area contributed by atoms with Crippen molar-refractivity contribution in [1.29, 1.82) is 0 Å². The van der Waals surface area contributed by atoms with Gasteiger partial charge in [-0.05, 0) is 12.8 Å². The van der Waals surface area contributed by atoms with Gasteiger partial charge < -0.3 is 27.9 Å². The molecule has 0 aromatic carbocycles. The van der Waals surface area contributed by atoms with Gasteiger partial charge in [0.05, 0.1) is 34.4 Å². The van der Waals surface area contributed by atoms with Crippen LogP contribution in [-0.4, -0.2) is 70.7 Å². The first kappa shape index (κ1) is 42.5. The Hall–Kier alpha value is -0.500. The average Bonchev–Trinajstić information content (AvgIpc) is 2.94. The number of ether oxygens (including phenoxy) is 2. The molecule has 0 aliphatic heterocycles. The molecule has 2 atom stereocenters. The van der Waals surface area contributed by atoms with E-state index in [1.165, 1.54) is 103 Å². The lowest BCUT2D eigenvalue weighted by molar-refractivity contribution is -0.870. The third-order valence-corrected chi connectivity index (χ3v) is 8.62. The largest absolute Gasteiger partial charge is 0.756 e. The van der Waals surface area contributed by atoms with Crippen LogP contribution in [0.1, 0.15) is 155 Å². The molecule has 0 saturated heterocycles. The number of carbonyl (C=O) groups is 1. The van der Waals surface area contributed by atoms with Gasteiger partial charge in [0.15, 0.2) is 0 Å². The summed E-state index contributed by atoms with van der Waals surface area (Å²) in [5.74, 6) is -0.356. The van der Waals surface area contributed by atoms with Crippen LogP contribution < -0.4 is 4.89 Å². The van der Waals surface area contributed by atoms with E-state index in [1.54, 1.807) is 0 Å². The molecule has 43 heavy (non-hydrogen) atoms. The summed E-state index contributed by atoms with van der Waals surface area (Å²) < 4.78 is 34.0. The molecule has 0 aliphatic carbocycles. The van der Waals surface area contributed by atoms with E-state index >= 15 is 0 Å². The molecule has 0 radical (unpaired) electrons. The molecule has 2 unspecified atom stereocenters. The van der Waals surface area contributed by atoms with Crippen LogP contribution in [0.15, 0.2) is 0 Å². The van der Waals surface area contributed by atoms with Crippen molar-refractivity contribution < 1.29 is 37.3 Å². The smallest absolute Gasteiger partial charge is 0.306 e. The van der Waals surface area contributed by atoms with Crippen molar-refractivity contribution in [2.75, 3.05) is 54.1 Å². The molecule has 0 saturated carbocycles. The lowest BCUT2D eigenvalue weighted by Gasteiger charge is -2.28. The Bertz CT molecular complexity index is 672. The van der Waals surface area contributed by atoms with Crippen LogP contribution in [0.5, 0.6) is 0 Å². The molecule has 0 aliphatic rings. The number of esters is 1. The van der Waals surface area contributed by atoms with Crippen LogP contribution in [0.2, 0.25) is 0 Å². The van der Waals surface area contributed by atoms with Gasteiger partial charge in [0.25, 0.3) is 7.82 Å². The van der Waals surface area contributed by atoms with Gasteiger partial charge in [-0.25, -0.2) is 0 Å². The summed E-state index contributed by atoms with van der Waals surface area (Å²) in [6, 6.07) is 0. The van der Waals surface area contributed by atoms with Crippen molar-refractivity contribution in [2.24, 2.45) is 0 Å². The van der Waals surface area contributed by atoms with Crippen LogP contribution in [0.4, 0.5) is 0 Å². The highest BCUT2D eigenvalue weighted by Gasteiger charge is 2.20. The maximum Gasteiger partial charge on any atom is 0.306 e. The molecular weight excluding hydrogens is 565 g/mol. The highest BCUT2D eigenvalue weighted by molar-refractivity contribution is 7.45. The van der Waals surface area contributed by atoms with Gasteiger partial charge in [-0.3, -0.25) is 9.36 Å². The predicted molar refractivity (Wildman–Crippen MR) is 176 cm³/mol. The quantitative estimate of drug-likeness (QED) is 0.0308. The van der Waals surface area contributed by atoms with Crippen molar-refractivity contribution in [3.8, 4) is 0 Å². The Kier molecular flexibility index (Phi) is 28.6. The fourth-order valence-corrected chi connectivity index (χ4v) is 5.57. The summed E-state index contributed by atoms with van der Waals surface area (Å²) in [7, 11) is 1.36. The highest BCUT2D eigenvalue weighted by Crippen LogP contribution is 2.38. The van der Waals surface area contributed by atoms with Gasteiger partial charge >= 0.3 is 5.97 Å². The Balaban J connectivity index is 3.94. The normalized spacial score (nSPS) is 14.1.